The zero-order valence-electron chi connectivity index (χ0n) is 23.4. The Morgan fingerprint density at radius 1 is 0.476 bits per heavy atom. The molecule has 2 aliphatic heterocycles. The van der Waals surface area contributed by atoms with Gasteiger partial charge in [-0.15, -0.1) is 0 Å². The maximum absolute atomic E-state index is 13.9. The summed E-state index contributed by atoms with van der Waals surface area (Å²) in [7, 11) is 0. The summed E-state index contributed by atoms with van der Waals surface area (Å²) in [5.74, 6) is 1.32. The van der Waals surface area contributed by atoms with Crippen molar-refractivity contribution in [2.24, 2.45) is 0 Å². The van der Waals surface area contributed by atoms with Crippen molar-refractivity contribution in [2.75, 3.05) is 0 Å². The minimum absolute atomic E-state index is 0.0223. The Morgan fingerprint density at radius 2 is 0.810 bits per heavy atom. The van der Waals surface area contributed by atoms with E-state index in [-0.39, 0.29) is 36.0 Å². The minimum atomic E-state index is -0.608. The first-order valence-electron chi connectivity index (χ1n) is 14.9. The zero-order valence-corrected chi connectivity index (χ0v) is 23.4. The van der Waals surface area contributed by atoms with Crippen molar-refractivity contribution >= 4 is 11.8 Å². The second-order valence-electron chi connectivity index (χ2n) is 11.3. The summed E-state index contributed by atoms with van der Waals surface area (Å²) in [5, 5.41) is 0. The molecule has 0 aromatic heterocycles. The van der Waals surface area contributed by atoms with Gasteiger partial charge in [-0.25, -0.2) is 0 Å². The smallest absolute Gasteiger partial charge is 0.267 e. The van der Waals surface area contributed by atoms with Gasteiger partial charge in [-0.3, -0.25) is 9.59 Å². The summed E-state index contributed by atoms with van der Waals surface area (Å²) in [5.41, 5.74) is 2.09. The van der Waals surface area contributed by atoms with Crippen LogP contribution in [0, 0.1) is 0 Å². The number of hydrogen-bond acceptors (Lipinski definition) is 4. The van der Waals surface area contributed by atoms with E-state index in [9.17, 15) is 9.59 Å². The van der Waals surface area contributed by atoms with E-state index in [1.165, 1.54) is 0 Å². The molecule has 6 atom stereocenters. The van der Waals surface area contributed by atoms with Crippen LogP contribution in [0.3, 0.4) is 0 Å². The summed E-state index contributed by atoms with van der Waals surface area (Å²) in [4.78, 5) is 31.9. The van der Waals surface area contributed by atoms with Crippen molar-refractivity contribution in [3.8, 4) is 11.5 Å². The Labute approximate surface area is 246 Å². The molecule has 7 rings (SSSR count). The van der Waals surface area contributed by atoms with Crippen LogP contribution in [-0.4, -0.2) is 45.9 Å². The zero-order chi connectivity index (χ0) is 28.5. The fraction of sp³-hybridized carbons (Fsp3) is 0.278. The van der Waals surface area contributed by atoms with Crippen LogP contribution in [0.15, 0.2) is 121 Å². The van der Waals surface area contributed by atoms with Gasteiger partial charge in [-0.2, -0.15) is 0 Å². The third-order valence-electron chi connectivity index (χ3n) is 8.87. The van der Waals surface area contributed by atoms with Crippen molar-refractivity contribution in [1.29, 1.82) is 0 Å². The van der Waals surface area contributed by atoms with Gasteiger partial charge >= 0.3 is 0 Å². The number of carbonyl (C=O) groups is 2. The molecule has 2 heterocycles. The van der Waals surface area contributed by atoms with Gasteiger partial charge in [0.25, 0.3) is 11.8 Å². The highest BCUT2D eigenvalue weighted by atomic mass is 16.5. The largest absolute Gasteiger partial charge is 0.478 e. The van der Waals surface area contributed by atoms with E-state index in [0.717, 1.165) is 36.8 Å². The molecular weight excluding hydrogens is 524 g/mol. The van der Waals surface area contributed by atoms with Crippen LogP contribution in [0.4, 0.5) is 0 Å². The highest BCUT2D eigenvalue weighted by molar-refractivity contribution is 5.91. The van der Waals surface area contributed by atoms with Crippen molar-refractivity contribution in [2.45, 2.75) is 62.1 Å². The van der Waals surface area contributed by atoms with Gasteiger partial charge in [0.05, 0.1) is 12.1 Å². The third-order valence-corrected chi connectivity index (χ3v) is 8.87. The lowest BCUT2D eigenvalue weighted by Crippen LogP contribution is -2.73. The van der Waals surface area contributed by atoms with Gasteiger partial charge in [-0.1, -0.05) is 110 Å². The summed E-state index contributed by atoms with van der Waals surface area (Å²) in [6.45, 7) is 0. The van der Waals surface area contributed by atoms with E-state index in [1.54, 1.807) is 0 Å². The third kappa shape index (κ3) is 4.71. The molecular formula is C36H34N2O4. The predicted molar refractivity (Wildman–Crippen MR) is 160 cm³/mol. The average Bonchev–Trinajstić information content (AvgIpc) is 3.05. The number of β-lactam (4-membered cyclic amide) rings is 2. The first-order chi connectivity index (χ1) is 20.7. The number of benzene rings is 4. The molecule has 0 bridgehead atoms. The van der Waals surface area contributed by atoms with E-state index in [1.807, 2.05) is 107 Å². The maximum atomic E-state index is 13.9. The molecule has 2 amide bonds. The lowest BCUT2D eigenvalue weighted by Gasteiger charge is -2.58. The SMILES string of the molecule is O=C1[C@H](Oc2ccccc2)[C@H](c2ccccc2)N1C1CCCCC1N1C(=O)[C@H](Oc2ccccc2)[C@@H]1c1ccccc1. The molecule has 2 saturated heterocycles. The second kappa shape index (κ2) is 11.4. The predicted octanol–water partition coefficient (Wildman–Crippen LogP) is 6.36. The number of likely N-dealkylation sites (tertiary alicyclic amines) is 2. The molecule has 6 nitrogen and oxygen atoms in total. The van der Waals surface area contributed by atoms with Crippen LogP contribution in [0.5, 0.6) is 11.5 Å². The van der Waals surface area contributed by atoms with Crippen molar-refractivity contribution in [1.82, 2.24) is 9.80 Å². The molecule has 0 spiro atoms. The van der Waals surface area contributed by atoms with Gasteiger partial charge in [-0.05, 0) is 48.2 Å². The molecule has 0 N–H and O–H groups in total. The number of para-hydroxylation sites is 2. The second-order valence-corrected chi connectivity index (χ2v) is 11.3. The van der Waals surface area contributed by atoms with E-state index >= 15 is 0 Å². The molecule has 1 aliphatic carbocycles. The van der Waals surface area contributed by atoms with E-state index < -0.39 is 12.2 Å². The van der Waals surface area contributed by atoms with Gasteiger partial charge < -0.3 is 19.3 Å². The normalized spacial score (nSPS) is 27.1. The number of amides is 2. The highest BCUT2D eigenvalue weighted by Gasteiger charge is 2.59. The Hall–Kier alpha value is -4.58. The number of carbonyl (C=O) groups excluding carboxylic acids is 2. The quantitative estimate of drug-likeness (QED) is 0.236. The van der Waals surface area contributed by atoms with Gasteiger partial charge in [0, 0.05) is 0 Å². The lowest BCUT2D eigenvalue weighted by atomic mass is 9.78. The van der Waals surface area contributed by atoms with E-state index in [4.69, 9.17) is 9.47 Å². The summed E-state index contributed by atoms with van der Waals surface area (Å²) < 4.78 is 12.6. The fourth-order valence-electron chi connectivity index (χ4n) is 6.94. The minimum Gasteiger partial charge on any atom is -0.478 e. The van der Waals surface area contributed by atoms with E-state index in [0.29, 0.717) is 11.5 Å². The van der Waals surface area contributed by atoms with Crippen LogP contribution in [0.2, 0.25) is 0 Å². The van der Waals surface area contributed by atoms with Crippen LogP contribution in [-0.2, 0) is 9.59 Å². The fourth-order valence-corrected chi connectivity index (χ4v) is 6.94. The first kappa shape index (κ1) is 26.3. The van der Waals surface area contributed by atoms with Crippen molar-refractivity contribution in [3.63, 3.8) is 0 Å². The Bertz CT molecular complexity index is 1400. The molecule has 212 valence electrons. The van der Waals surface area contributed by atoms with Gasteiger partial charge in [0.15, 0.2) is 0 Å². The molecule has 3 fully saturated rings. The Balaban J connectivity index is 1.21. The molecule has 6 heteroatoms. The van der Waals surface area contributed by atoms with Gasteiger partial charge in [0.2, 0.25) is 12.2 Å². The number of rotatable bonds is 8. The van der Waals surface area contributed by atoms with E-state index in [2.05, 4.69) is 24.3 Å². The summed E-state index contributed by atoms with van der Waals surface area (Å²) >= 11 is 0. The maximum Gasteiger partial charge on any atom is 0.267 e. The molecule has 4 aromatic rings. The Morgan fingerprint density at radius 3 is 1.17 bits per heavy atom. The average molecular weight is 559 g/mol. The number of ether oxygens (including phenoxy) is 2. The summed E-state index contributed by atoms with van der Waals surface area (Å²) in [6.07, 6.45) is 2.49. The van der Waals surface area contributed by atoms with Crippen LogP contribution >= 0.6 is 0 Å². The Kier molecular flexibility index (Phi) is 7.12. The molecule has 4 aromatic carbocycles. The van der Waals surface area contributed by atoms with Crippen LogP contribution in [0.25, 0.3) is 0 Å². The highest BCUT2D eigenvalue weighted by Crippen LogP contribution is 2.47. The topological polar surface area (TPSA) is 59.1 Å². The summed E-state index contributed by atoms with van der Waals surface area (Å²) in [6, 6.07) is 38.6. The number of hydrogen-bond donors (Lipinski definition) is 0. The van der Waals surface area contributed by atoms with Gasteiger partial charge in [0.1, 0.15) is 23.6 Å². The van der Waals surface area contributed by atoms with Crippen molar-refractivity contribution in [3.05, 3.63) is 132 Å². The van der Waals surface area contributed by atoms with Crippen molar-refractivity contribution < 1.29 is 19.1 Å². The molecule has 2 unspecified atom stereocenters. The first-order valence-corrected chi connectivity index (χ1v) is 14.9. The lowest BCUT2D eigenvalue weighted by molar-refractivity contribution is -0.187. The molecule has 3 aliphatic rings. The standard InChI is InChI=1S/C36H34N2O4/c39-35-33(41-27-19-9-3-10-20-27)31(25-15-5-1-6-16-25)37(35)29-23-13-14-24-30(29)38-32(26-17-7-2-8-18-26)34(36(38)40)42-28-21-11-4-12-22-28/h1-12,15-22,29-34H,13-14,23-24H2/t29?,30?,31-,32-,33+,34+/m0/s1. The monoisotopic (exact) mass is 558 g/mol. The van der Waals surface area contributed by atoms with Crippen LogP contribution in [0.1, 0.15) is 48.9 Å². The molecule has 1 saturated carbocycles. The molecule has 42 heavy (non-hydrogen) atoms. The number of nitrogens with zero attached hydrogens (tertiary/aromatic N) is 2. The van der Waals surface area contributed by atoms with Crippen LogP contribution < -0.4 is 9.47 Å². The molecule has 0 radical (unpaired) electrons.